The van der Waals surface area contributed by atoms with E-state index in [4.69, 9.17) is 10.00 Å². The number of hydrogen-bond donors (Lipinski definition) is 1. The second-order valence-electron chi connectivity index (χ2n) is 6.60. The highest BCUT2D eigenvalue weighted by atomic mass is 32.2. The van der Waals surface area contributed by atoms with Crippen molar-refractivity contribution in [3.05, 3.63) is 84.4 Å². The second kappa shape index (κ2) is 9.78. The molecule has 1 amide bonds. The minimum absolute atomic E-state index is 0.0828. The summed E-state index contributed by atoms with van der Waals surface area (Å²) >= 11 is 0. The molecule has 8 heteroatoms. The average molecular weight is 436 g/mol. The smallest absolute Gasteiger partial charge is 0.264 e. The van der Waals surface area contributed by atoms with Crippen molar-refractivity contribution < 1.29 is 17.9 Å². The summed E-state index contributed by atoms with van der Waals surface area (Å²) in [6.45, 7) is -0.413. The van der Waals surface area contributed by atoms with Crippen LogP contribution in [-0.4, -0.2) is 28.0 Å². The number of nitrogens with zero attached hydrogens (tertiary/aromatic N) is 2. The van der Waals surface area contributed by atoms with E-state index in [1.165, 1.54) is 19.2 Å². The van der Waals surface area contributed by atoms with E-state index < -0.39 is 22.5 Å². The Balaban J connectivity index is 1.87. The Labute approximate surface area is 181 Å². The summed E-state index contributed by atoms with van der Waals surface area (Å²) in [6.07, 6.45) is 0.273. The van der Waals surface area contributed by atoms with Gasteiger partial charge < -0.3 is 10.1 Å². The number of nitrogens with one attached hydrogen (secondary N) is 1. The first-order valence-electron chi connectivity index (χ1n) is 9.41. The van der Waals surface area contributed by atoms with Crippen LogP contribution in [0.5, 0.6) is 5.75 Å². The van der Waals surface area contributed by atoms with E-state index in [1.807, 2.05) is 0 Å². The predicted molar refractivity (Wildman–Crippen MR) is 118 cm³/mol. The molecule has 0 radical (unpaired) electrons. The molecule has 3 aromatic rings. The minimum atomic E-state index is -3.98. The van der Waals surface area contributed by atoms with Crippen LogP contribution in [0.25, 0.3) is 0 Å². The van der Waals surface area contributed by atoms with Crippen molar-refractivity contribution in [2.75, 3.05) is 23.3 Å². The maximum Gasteiger partial charge on any atom is 0.264 e. The molecule has 7 nitrogen and oxygen atoms in total. The Morgan fingerprint density at radius 1 is 1.00 bits per heavy atom. The summed E-state index contributed by atoms with van der Waals surface area (Å²) < 4.78 is 32.7. The molecule has 0 atom stereocenters. The van der Waals surface area contributed by atoms with Gasteiger partial charge in [-0.2, -0.15) is 5.26 Å². The summed E-state index contributed by atoms with van der Waals surface area (Å²) in [7, 11) is -2.46. The van der Waals surface area contributed by atoms with Gasteiger partial charge in [-0.3, -0.25) is 9.10 Å². The van der Waals surface area contributed by atoms with Crippen LogP contribution < -0.4 is 14.4 Å². The number of carbonyl (C=O) groups is 1. The maximum absolute atomic E-state index is 13.3. The highest BCUT2D eigenvalue weighted by Gasteiger charge is 2.27. The molecule has 0 heterocycles. The van der Waals surface area contributed by atoms with Gasteiger partial charge in [0.25, 0.3) is 10.0 Å². The molecule has 0 fully saturated rings. The molecule has 0 aliphatic heterocycles. The Kier molecular flexibility index (Phi) is 6.90. The number of benzene rings is 3. The summed E-state index contributed by atoms with van der Waals surface area (Å²) in [5, 5.41) is 11.5. The van der Waals surface area contributed by atoms with Gasteiger partial charge in [0.05, 0.1) is 30.2 Å². The van der Waals surface area contributed by atoms with Crippen molar-refractivity contribution in [1.29, 1.82) is 5.26 Å². The molecule has 0 aromatic heterocycles. The van der Waals surface area contributed by atoms with Gasteiger partial charge in [0, 0.05) is 5.69 Å². The zero-order chi connectivity index (χ0) is 22.3. The summed E-state index contributed by atoms with van der Waals surface area (Å²) in [6, 6.07) is 23.3. The quantitative estimate of drug-likeness (QED) is 0.583. The number of methoxy groups -OCH3 is 1. The van der Waals surface area contributed by atoms with Crippen LogP contribution >= 0.6 is 0 Å². The molecule has 0 saturated heterocycles. The molecule has 158 valence electrons. The van der Waals surface area contributed by atoms with Crippen LogP contribution in [0.3, 0.4) is 0 Å². The maximum atomic E-state index is 13.3. The van der Waals surface area contributed by atoms with Crippen molar-refractivity contribution >= 4 is 27.3 Å². The molecule has 0 aliphatic carbocycles. The lowest BCUT2D eigenvalue weighted by molar-refractivity contribution is -0.114. The monoisotopic (exact) mass is 435 g/mol. The second-order valence-corrected chi connectivity index (χ2v) is 8.47. The van der Waals surface area contributed by atoms with Crippen LogP contribution in [0.15, 0.2) is 83.8 Å². The molecular weight excluding hydrogens is 414 g/mol. The van der Waals surface area contributed by atoms with Gasteiger partial charge in [-0.15, -0.1) is 0 Å². The standard InChI is InChI=1S/C23H21N3O4S/c1-30-21-13-11-20(12-14-21)26(31(28,29)22-5-3-2-4-6-22)17-23(27)25-19-9-7-18(8-10-19)15-16-24/h2-14H,15,17H2,1H3,(H,25,27). The van der Waals surface area contributed by atoms with Crippen LogP contribution in [-0.2, 0) is 21.2 Å². The zero-order valence-corrected chi connectivity index (χ0v) is 17.7. The van der Waals surface area contributed by atoms with Crippen molar-refractivity contribution in [3.8, 4) is 11.8 Å². The summed E-state index contributed by atoms with van der Waals surface area (Å²) in [4.78, 5) is 12.8. The van der Waals surface area contributed by atoms with Crippen molar-refractivity contribution in [1.82, 2.24) is 0 Å². The molecule has 0 saturated carbocycles. The molecule has 1 N–H and O–H groups in total. The molecular formula is C23H21N3O4S. The number of amides is 1. The molecule has 0 spiro atoms. The topological polar surface area (TPSA) is 99.5 Å². The number of nitriles is 1. The molecule has 3 rings (SSSR count). The fourth-order valence-corrected chi connectivity index (χ4v) is 4.35. The van der Waals surface area contributed by atoms with Gasteiger partial charge in [-0.1, -0.05) is 30.3 Å². The van der Waals surface area contributed by atoms with E-state index in [-0.39, 0.29) is 11.3 Å². The lowest BCUT2D eigenvalue weighted by Gasteiger charge is -2.24. The number of carbonyl (C=O) groups excluding carboxylic acids is 1. The first-order valence-corrected chi connectivity index (χ1v) is 10.9. The van der Waals surface area contributed by atoms with Crippen LogP contribution in [0.2, 0.25) is 0 Å². The van der Waals surface area contributed by atoms with Gasteiger partial charge in [0.1, 0.15) is 12.3 Å². The van der Waals surface area contributed by atoms with E-state index in [0.717, 1.165) is 9.87 Å². The minimum Gasteiger partial charge on any atom is -0.497 e. The van der Waals surface area contributed by atoms with E-state index >= 15 is 0 Å². The number of ether oxygens (including phenoxy) is 1. The van der Waals surface area contributed by atoms with Crippen molar-refractivity contribution in [3.63, 3.8) is 0 Å². The lowest BCUT2D eigenvalue weighted by atomic mass is 10.1. The van der Waals surface area contributed by atoms with E-state index in [0.29, 0.717) is 17.1 Å². The molecule has 0 unspecified atom stereocenters. The molecule has 0 bridgehead atoms. The van der Waals surface area contributed by atoms with Crippen molar-refractivity contribution in [2.24, 2.45) is 0 Å². The Morgan fingerprint density at radius 3 is 2.23 bits per heavy atom. The zero-order valence-electron chi connectivity index (χ0n) is 16.9. The SMILES string of the molecule is COc1ccc(N(CC(=O)Nc2ccc(CC#N)cc2)S(=O)(=O)c2ccccc2)cc1. The summed E-state index contributed by atoms with van der Waals surface area (Å²) in [5.74, 6) is 0.0751. The Hall–Kier alpha value is -3.83. The fourth-order valence-electron chi connectivity index (χ4n) is 2.91. The first-order chi connectivity index (χ1) is 14.9. The highest BCUT2D eigenvalue weighted by molar-refractivity contribution is 7.92. The van der Waals surface area contributed by atoms with E-state index in [1.54, 1.807) is 66.7 Å². The highest BCUT2D eigenvalue weighted by Crippen LogP contribution is 2.26. The Morgan fingerprint density at radius 2 is 1.65 bits per heavy atom. The van der Waals surface area contributed by atoms with Crippen LogP contribution in [0.4, 0.5) is 11.4 Å². The third-order valence-electron chi connectivity index (χ3n) is 4.50. The van der Waals surface area contributed by atoms with Gasteiger partial charge >= 0.3 is 0 Å². The molecule has 3 aromatic carbocycles. The van der Waals surface area contributed by atoms with E-state index in [9.17, 15) is 13.2 Å². The van der Waals surface area contributed by atoms with Gasteiger partial charge in [-0.05, 0) is 54.1 Å². The van der Waals surface area contributed by atoms with Crippen LogP contribution in [0, 0.1) is 11.3 Å². The normalized spacial score (nSPS) is 10.7. The number of rotatable bonds is 8. The molecule has 31 heavy (non-hydrogen) atoms. The largest absolute Gasteiger partial charge is 0.497 e. The third-order valence-corrected chi connectivity index (χ3v) is 6.29. The first kappa shape index (κ1) is 21.9. The lowest BCUT2D eigenvalue weighted by Crippen LogP contribution is -2.38. The fraction of sp³-hybridized carbons (Fsp3) is 0.130. The summed E-state index contributed by atoms with van der Waals surface area (Å²) in [5.41, 5.74) is 1.68. The average Bonchev–Trinajstić information content (AvgIpc) is 2.79. The number of hydrogen-bond acceptors (Lipinski definition) is 5. The van der Waals surface area contributed by atoms with Gasteiger partial charge in [0.15, 0.2) is 0 Å². The molecule has 0 aliphatic rings. The van der Waals surface area contributed by atoms with Gasteiger partial charge in [-0.25, -0.2) is 8.42 Å². The van der Waals surface area contributed by atoms with Crippen molar-refractivity contribution in [2.45, 2.75) is 11.3 Å². The van der Waals surface area contributed by atoms with Crippen LogP contribution in [0.1, 0.15) is 5.56 Å². The number of anilines is 2. The van der Waals surface area contributed by atoms with Gasteiger partial charge in [0.2, 0.25) is 5.91 Å². The Bertz CT molecular complexity index is 1170. The number of sulfonamides is 1. The third kappa shape index (κ3) is 5.41. The van der Waals surface area contributed by atoms with E-state index in [2.05, 4.69) is 11.4 Å². The predicted octanol–water partition coefficient (Wildman–Crippen LogP) is 3.60.